The number of hydrogen-bond acceptors (Lipinski definition) is 9. The molecule has 1 fully saturated rings. The maximum absolute atomic E-state index is 12.7. The molecule has 276 valence electrons. The van der Waals surface area contributed by atoms with E-state index in [2.05, 4.69) is 19.1 Å². The molecule has 0 bridgehead atoms. The van der Waals surface area contributed by atoms with Crippen LogP contribution in [0.4, 0.5) is 0 Å². The lowest BCUT2D eigenvalue weighted by molar-refractivity contribution is -0.162. The topological polar surface area (TPSA) is 90.9 Å². The van der Waals surface area contributed by atoms with Crippen LogP contribution >= 0.6 is 0 Å². The molecule has 0 aliphatic carbocycles. The molecular formula is C38H70O9. The fraction of sp³-hybridized carbons (Fsp3) is 0.921. The van der Waals surface area contributed by atoms with E-state index in [4.69, 9.17) is 37.9 Å². The van der Waals surface area contributed by atoms with Crippen LogP contribution < -0.4 is 0 Å². The van der Waals surface area contributed by atoms with Gasteiger partial charge in [0.25, 0.3) is 0 Å². The number of rotatable bonds is 27. The van der Waals surface area contributed by atoms with Crippen LogP contribution in [0.15, 0.2) is 12.2 Å². The van der Waals surface area contributed by atoms with E-state index < -0.39 is 0 Å². The van der Waals surface area contributed by atoms with Crippen molar-refractivity contribution in [3.63, 3.8) is 0 Å². The van der Waals surface area contributed by atoms with Gasteiger partial charge in [-0.25, -0.2) is 0 Å². The van der Waals surface area contributed by atoms with Crippen molar-refractivity contribution >= 4 is 5.97 Å². The second-order valence-corrected chi connectivity index (χ2v) is 13.4. The zero-order chi connectivity index (χ0) is 33.8. The third-order valence-electron chi connectivity index (χ3n) is 9.44. The molecule has 0 unspecified atom stereocenters. The number of carbonyl (C=O) groups excluding carboxylic acids is 1. The lowest BCUT2D eigenvalue weighted by Gasteiger charge is -2.28. The van der Waals surface area contributed by atoms with Crippen LogP contribution in [0.5, 0.6) is 0 Å². The molecule has 2 rings (SSSR count). The third kappa shape index (κ3) is 20.3. The molecule has 1 saturated heterocycles. The molecule has 0 saturated carbocycles. The SMILES string of the molecule is CCCCCCCCCCCCCC[C@H](OCOC)[C@H]1CC[C@H]([C@@H](CC[C@H]2C/C=C/CC[C@@H](OCOC)CCC(=O)O2)OCOC)O1. The van der Waals surface area contributed by atoms with Crippen molar-refractivity contribution in [1.29, 1.82) is 0 Å². The molecule has 9 heteroatoms. The van der Waals surface area contributed by atoms with Crippen LogP contribution in [0, 0.1) is 0 Å². The maximum atomic E-state index is 12.7. The number of esters is 1. The molecule has 0 amide bonds. The van der Waals surface area contributed by atoms with Crippen molar-refractivity contribution in [3.05, 3.63) is 12.2 Å². The van der Waals surface area contributed by atoms with Crippen molar-refractivity contribution in [1.82, 2.24) is 0 Å². The van der Waals surface area contributed by atoms with Crippen LogP contribution in [0.25, 0.3) is 0 Å². The summed E-state index contributed by atoms with van der Waals surface area (Å²) < 4.78 is 46.2. The van der Waals surface area contributed by atoms with Crippen LogP contribution in [0.2, 0.25) is 0 Å². The summed E-state index contributed by atoms with van der Waals surface area (Å²) in [6, 6.07) is 0. The zero-order valence-electron chi connectivity index (χ0n) is 30.5. The van der Waals surface area contributed by atoms with E-state index in [-0.39, 0.29) is 63.0 Å². The standard InChI is InChI=1S/C38H70O9/c1-5-6-7-8-9-10-11-12-13-14-15-19-22-34(44-30-41-3)36-26-27-37(47-36)35(45-31-42-4)25-23-33-21-18-16-17-20-32(43-29-40-2)24-28-38(39)46-33/h16,18,32-37H,5-15,17,19-31H2,1-4H3/b18-16+/t32-,33-,34+,35-,36-,37-/m1/s1. The van der Waals surface area contributed by atoms with Gasteiger partial charge >= 0.3 is 5.97 Å². The first-order chi connectivity index (χ1) is 23.1. The summed E-state index contributed by atoms with van der Waals surface area (Å²) in [6.45, 7) is 2.98. The highest BCUT2D eigenvalue weighted by atomic mass is 16.7. The molecular weight excluding hydrogens is 600 g/mol. The lowest BCUT2D eigenvalue weighted by atomic mass is 9.99. The Bertz CT molecular complexity index is 763. The molecule has 2 aliphatic rings. The quantitative estimate of drug-likeness (QED) is 0.0368. The molecule has 0 aromatic carbocycles. The van der Waals surface area contributed by atoms with Crippen molar-refractivity contribution in [3.8, 4) is 0 Å². The van der Waals surface area contributed by atoms with Crippen molar-refractivity contribution in [2.75, 3.05) is 41.7 Å². The highest BCUT2D eigenvalue weighted by Gasteiger charge is 2.37. The van der Waals surface area contributed by atoms with E-state index in [1.165, 1.54) is 70.6 Å². The van der Waals surface area contributed by atoms with Gasteiger partial charge in [0, 0.05) is 34.2 Å². The van der Waals surface area contributed by atoms with Gasteiger partial charge in [0.1, 0.15) is 26.5 Å². The number of allylic oxidation sites excluding steroid dienone is 1. The number of carbonyl (C=O) groups is 1. The third-order valence-corrected chi connectivity index (χ3v) is 9.44. The normalized spacial score (nSPS) is 24.5. The maximum Gasteiger partial charge on any atom is 0.306 e. The second kappa shape index (κ2) is 28.7. The Labute approximate surface area is 287 Å². The number of unbranched alkanes of at least 4 members (excludes halogenated alkanes) is 11. The van der Waals surface area contributed by atoms with Crippen molar-refractivity contribution in [2.45, 2.75) is 185 Å². The summed E-state index contributed by atoms with van der Waals surface area (Å²) in [5.74, 6) is -0.182. The van der Waals surface area contributed by atoms with Gasteiger partial charge in [0.05, 0.1) is 30.5 Å². The van der Waals surface area contributed by atoms with E-state index in [0.29, 0.717) is 32.1 Å². The van der Waals surface area contributed by atoms with Gasteiger partial charge in [0.15, 0.2) is 0 Å². The summed E-state index contributed by atoms with van der Waals surface area (Å²) in [6.07, 6.45) is 27.5. The van der Waals surface area contributed by atoms with E-state index in [0.717, 1.165) is 38.5 Å². The molecule has 0 aromatic rings. The minimum absolute atomic E-state index is 0.0103. The van der Waals surface area contributed by atoms with Crippen LogP contribution in [-0.4, -0.2) is 84.3 Å². The molecule has 6 atom stereocenters. The van der Waals surface area contributed by atoms with Gasteiger partial charge in [-0.3, -0.25) is 4.79 Å². The van der Waals surface area contributed by atoms with E-state index >= 15 is 0 Å². The van der Waals surface area contributed by atoms with Crippen molar-refractivity contribution in [2.24, 2.45) is 0 Å². The van der Waals surface area contributed by atoms with Crippen molar-refractivity contribution < 1.29 is 42.7 Å². The largest absolute Gasteiger partial charge is 0.462 e. The minimum Gasteiger partial charge on any atom is -0.462 e. The molecule has 47 heavy (non-hydrogen) atoms. The van der Waals surface area contributed by atoms with E-state index in [1.807, 2.05) is 0 Å². The molecule has 0 N–H and O–H groups in total. The Morgan fingerprint density at radius 2 is 1.28 bits per heavy atom. The highest BCUT2D eigenvalue weighted by molar-refractivity contribution is 5.69. The Hall–Kier alpha value is -1.07. The predicted molar refractivity (Wildman–Crippen MR) is 185 cm³/mol. The average Bonchev–Trinajstić information content (AvgIpc) is 3.55. The summed E-state index contributed by atoms with van der Waals surface area (Å²) in [7, 11) is 4.92. The van der Waals surface area contributed by atoms with Crippen LogP contribution in [-0.2, 0) is 42.7 Å². The molecule has 2 aliphatic heterocycles. The summed E-state index contributed by atoms with van der Waals surface area (Å²) in [5.41, 5.74) is 0. The number of ether oxygens (including phenoxy) is 8. The summed E-state index contributed by atoms with van der Waals surface area (Å²) in [4.78, 5) is 12.7. The summed E-state index contributed by atoms with van der Waals surface area (Å²) in [5, 5.41) is 0. The second-order valence-electron chi connectivity index (χ2n) is 13.4. The smallest absolute Gasteiger partial charge is 0.306 e. The fourth-order valence-electron chi connectivity index (χ4n) is 6.71. The van der Waals surface area contributed by atoms with Gasteiger partial charge in [-0.05, 0) is 51.4 Å². The number of hydrogen-bond donors (Lipinski definition) is 0. The predicted octanol–water partition coefficient (Wildman–Crippen LogP) is 8.80. The van der Waals surface area contributed by atoms with Gasteiger partial charge in [-0.2, -0.15) is 0 Å². The Kier molecular flexibility index (Phi) is 25.7. The molecule has 0 radical (unpaired) electrons. The number of cyclic esters (lactones) is 1. The Morgan fingerprint density at radius 1 is 0.702 bits per heavy atom. The van der Waals surface area contributed by atoms with E-state index in [1.54, 1.807) is 21.3 Å². The molecule has 0 spiro atoms. The molecule has 2 heterocycles. The average molecular weight is 671 g/mol. The Balaban J connectivity index is 1.79. The molecule has 9 nitrogen and oxygen atoms in total. The van der Waals surface area contributed by atoms with E-state index in [9.17, 15) is 4.79 Å². The minimum atomic E-state index is -0.204. The molecule has 0 aromatic heterocycles. The summed E-state index contributed by atoms with van der Waals surface area (Å²) >= 11 is 0. The first kappa shape index (κ1) is 42.1. The van der Waals surface area contributed by atoms with Crippen LogP contribution in [0.3, 0.4) is 0 Å². The first-order valence-corrected chi connectivity index (χ1v) is 18.9. The lowest BCUT2D eigenvalue weighted by Crippen LogP contribution is -2.35. The van der Waals surface area contributed by atoms with Gasteiger partial charge < -0.3 is 37.9 Å². The fourth-order valence-corrected chi connectivity index (χ4v) is 6.71. The highest BCUT2D eigenvalue weighted by Crippen LogP contribution is 2.31. The number of methoxy groups -OCH3 is 3. The monoisotopic (exact) mass is 671 g/mol. The first-order valence-electron chi connectivity index (χ1n) is 18.9. The van der Waals surface area contributed by atoms with Crippen LogP contribution in [0.1, 0.15) is 148 Å². The van der Waals surface area contributed by atoms with Gasteiger partial charge in [0.2, 0.25) is 0 Å². The van der Waals surface area contributed by atoms with Gasteiger partial charge in [-0.15, -0.1) is 0 Å². The van der Waals surface area contributed by atoms with Gasteiger partial charge in [-0.1, -0.05) is 96.1 Å². The zero-order valence-corrected chi connectivity index (χ0v) is 30.5. The Morgan fingerprint density at radius 3 is 1.87 bits per heavy atom.